The van der Waals surface area contributed by atoms with Crippen molar-refractivity contribution < 1.29 is 29.5 Å². The van der Waals surface area contributed by atoms with E-state index in [1.807, 2.05) is 30.3 Å². The lowest BCUT2D eigenvalue weighted by Crippen LogP contribution is -2.48. The molecule has 0 bridgehead atoms. The summed E-state index contributed by atoms with van der Waals surface area (Å²) in [5.74, 6) is -1.34. The zero-order valence-electron chi connectivity index (χ0n) is 26.2. The van der Waals surface area contributed by atoms with Crippen LogP contribution >= 0.6 is 0 Å². The number of rotatable bonds is 10. The second-order valence-corrected chi connectivity index (χ2v) is 13.2. The molecule has 45 heavy (non-hydrogen) atoms. The molecule has 8 nitrogen and oxygen atoms in total. The van der Waals surface area contributed by atoms with Gasteiger partial charge in [-0.15, -0.1) is 0 Å². The molecule has 238 valence electrons. The third-order valence-electron chi connectivity index (χ3n) is 10.3. The number of aliphatic hydroxyl groups is 1. The number of amides is 2. The Morgan fingerprint density at radius 3 is 2.42 bits per heavy atom. The highest BCUT2D eigenvalue weighted by Gasteiger charge is 2.58. The molecule has 0 aromatic heterocycles. The van der Waals surface area contributed by atoms with Gasteiger partial charge in [0.25, 0.3) is 0 Å². The second-order valence-electron chi connectivity index (χ2n) is 13.2. The predicted molar refractivity (Wildman–Crippen MR) is 174 cm³/mol. The molecule has 0 saturated carbocycles. The Morgan fingerprint density at radius 1 is 1.00 bits per heavy atom. The number of hydrogen-bond acceptors (Lipinski definition) is 7. The van der Waals surface area contributed by atoms with Gasteiger partial charge in [-0.3, -0.25) is 19.4 Å². The molecule has 1 aliphatic carbocycles. The average Bonchev–Trinajstić information content (AvgIpc) is 3.30. The molecule has 4 aliphatic rings. The SMILES string of the molecule is CCC/C(=C\c1ccc(O)cc1)CC[C@H]1OB(O)C[C@H]2C1=C(CO)C[C@H]1C(=O)N(C3CCN(Cc4ccccc4)CC3)C(=O)[C@H]12. The van der Waals surface area contributed by atoms with E-state index in [0.717, 1.165) is 68.4 Å². The van der Waals surface area contributed by atoms with Gasteiger partial charge in [-0.25, -0.2) is 0 Å². The zero-order chi connectivity index (χ0) is 31.5. The lowest BCUT2D eigenvalue weighted by Gasteiger charge is -2.43. The van der Waals surface area contributed by atoms with E-state index in [2.05, 4.69) is 30.0 Å². The monoisotopic (exact) mass is 612 g/mol. The summed E-state index contributed by atoms with van der Waals surface area (Å²) in [6.45, 7) is 4.46. The molecule has 3 aliphatic heterocycles. The van der Waals surface area contributed by atoms with Gasteiger partial charge in [-0.05, 0) is 85.2 Å². The average molecular weight is 613 g/mol. The molecule has 3 heterocycles. The van der Waals surface area contributed by atoms with Crippen molar-refractivity contribution in [2.45, 2.75) is 76.9 Å². The quantitative estimate of drug-likeness (QED) is 0.201. The molecule has 9 heteroatoms. The lowest BCUT2D eigenvalue weighted by molar-refractivity contribution is -0.144. The van der Waals surface area contributed by atoms with Gasteiger partial charge >= 0.3 is 7.12 Å². The van der Waals surface area contributed by atoms with E-state index in [1.54, 1.807) is 17.0 Å². The van der Waals surface area contributed by atoms with Crippen LogP contribution in [0.5, 0.6) is 5.75 Å². The van der Waals surface area contributed by atoms with E-state index in [1.165, 1.54) is 11.1 Å². The Labute approximate surface area is 266 Å². The van der Waals surface area contributed by atoms with Gasteiger partial charge in [-0.1, -0.05) is 67.5 Å². The van der Waals surface area contributed by atoms with Gasteiger partial charge in [-0.2, -0.15) is 0 Å². The van der Waals surface area contributed by atoms with Crippen LogP contribution in [-0.4, -0.2) is 75.8 Å². The summed E-state index contributed by atoms with van der Waals surface area (Å²) in [5, 5.41) is 31.1. The summed E-state index contributed by atoms with van der Waals surface area (Å²) < 4.78 is 6.11. The first kappa shape index (κ1) is 31.7. The van der Waals surface area contributed by atoms with Crippen LogP contribution in [0.3, 0.4) is 0 Å². The number of carbonyl (C=O) groups excluding carboxylic acids is 2. The normalized spacial score (nSPS) is 26.4. The Hall–Kier alpha value is -3.24. The molecule has 3 N–H and O–H groups in total. The van der Waals surface area contributed by atoms with Crippen molar-refractivity contribution in [1.29, 1.82) is 0 Å². The summed E-state index contributed by atoms with van der Waals surface area (Å²) in [7, 11) is -1.03. The summed E-state index contributed by atoms with van der Waals surface area (Å²) in [4.78, 5) is 31.9. The van der Waals surface area contributed by atoms with Crippen molar-refractivity contribution in [3.05, 3.63) is 82.4 Å². The molecule has 4 atom stereocenters. The summed E-state index contributed by atoms with van der Waals surface area (Å²) >= 11 is 0. The van der Waals surface area contributed by atoms with E-state index < -0.39 is 25.1 Å². The first-order valence-electron chi connectivity index (χ1n) is 16.6. The number of nitrogens with zero attached hydrogens (tertiary/aromatic N) is 2. The Bertz CT molecular complexity index is 1420. The number of imide groups is 1. The Morgan fingerprint density at radius 2 is 1.73 bits per heavy atom. The van der Waals surface area contributed by atoms with E-state index in [4.69, 9.17) is 4.65 Å². The fourth-order valence-electron chi connectivity index (χ4n) is 8.18. The number of phenols is 1. The molecule has 2 amide bonds. The number of piperidine rings is 1. The fraction of sp³-hybridized carbons (Fsp3) is 0.500. The number of allylic oxidation sites excluding steroid dienone is 1. The van der Waals surface area contributed by atoms with Gasteiger partial charge in [0.15, 0.2) is 0 Å². The molecule has 0 radical (unpaired) electrons. The third kappa shape index (κ3) is 6.82. The van der Waals surface area contributed by atoms with E-state index in [-0.39, 0.29) is 42.5 Å². The minimum Gasteiger partial charge on any atom is -0.508 e. The maximum absolute atomic E-state index is 14.1. The highest BCUT2D eigenvalue weighted by Crippen LogP contribution is 2.51. The van der Waals surface area contributed by atoms with Gasteiger partial charge in [0.2, 0.25) is 11.8 Å². The number of aliphatic hydroxyl groups excluding tert-OH is 1. The summed E-state index contributed by atoms with van der Waals surface area (Å²) in [6, 6.07) is 17.4. The first-order valence-corrected chi connectivity index (χ1v) is 16.6. The largest absolute Gasteiger partial charge is 0.508 e. The number of likely N-dealkylation sites (tertiary alicyclic amines) is 2. The topological polar surface area (TPSA) is 111 Å². The summed E-state index contributed by atoms with van der Waals surface area (Å²) in [5.41, 5.74) is 5.22. The van der Waals surface area contributed by atoms with Gasteiger partial charge in [0.1, 0.15) is 5.75 Å². The molecule has 3 fully saturated rings. The van der Waals surface area contributed by atoms with Crippen LogP contribution in [0.4, 0.5) is 0 Å². The van der Waals surface area contributed by atoms with E-state index >= 15 is 0 Å². The van der Waals surface area contributed by atoms with Crippen LogP contribution in [0.2, 0.25) is 6.32 Å². The summed E-state index contributed by atoms with van der Waals surface area (Å²) in [6.07, 6.45) is 7.06. The van der Waals surface area contributed by atoms with Crippen molar-refractivity contribution in [3.8, 4) is 5.75 Å². The van der Waals surface area contributed by atoms with Crippen molar-refractivity contribution in [1.82, 2.24) is 9.80 Å². The first-order chi connectivity index (χ1) is 21.9. The molecular formula is C36H45BN2O6. The van der Waals surface area contributed by atoms with Crippen LogP contribution in [0.1, 0.15) is 63.0 Å². The maximum atomic E-state index is 14.1. The van der Waals surface area contributed by atoms with Crippen LogP contribution in [0.15, 0.2) is 71.3 Å². The minimum atomic E-state index is -1.03. The third-order valence-corrected chi connectivity index (χ3v) is 10.3. The Kier molecular flexibility index (Phi) is 9.90. The van der Waals surface area contributed by atoms with Gasteiger partial charge < -0.3 is 19.9 Å². The van der Waals surface area contributed by atoms with Crippen LogP contribution in [0.25, 0.3) is 6.08 Å². The molecule has 2 aromatic carbocycles. The fourth-order valence-corrected chi connectivity index (χ4v) is 8.18. The highest BCUT2D eigenvalue weighted by molar-refractivity contribution is 6.43. The highest BCUT2D eigenvalue weighted by atomic mass is 16.5. The van der Waals surface area contributed by atoms with Crippen LogP contribution < -0.4 is 0 Å². The van der Waals surface area contributed by atoms with Crippen molar-refractivity contribution in [2.24, 2.45) is 17.8 Å². The molecule has 0 unspecified atom stereocenters. The van der Waals surface area contributed by atoms with Crippen molar-refractivity contribution in [2.75, 3.05) is 19.7 Å². The molecular weight excluding hydrogens is 567 g/mol. The molecule has 6 rings (SSSR count). The zero-order valence-corrected chi connectivity index (χ0v) is 26.2. The number of hydrogen-bond donors (Lipinski definition) is 3. The smallest absolute Gasteiger partial charge is 0.455 e. The van der Waals surface area contributed by atoms with E-state index in [9.17, 15) is 24.8 Å². The Balaban J connectivity index is 1.17. The van der Waals surface area contributed by atoms with E-state index in [0.29, 0.717) is 12.8 Å². The maximum Gasteiger partial charge on any atom is 0.455 e. The predicted octanol–water partition coefficient (Wildman–Crippen LogP) is 4.81. The second kappa shape index (κ2) is 14.0. The standard InChI is InChI=1S/C36H45BN2O6/c1-2-6-24(19-25-9-12-29(41)13-10-25)11-14-32-33-27(23-40)20-30-34(31(33)21-37(44)45-32)36(43)39(35(30)42)28-15-17-38(18-16-28)22-26-7-4-3-5-8-26/h3-5,7-10,12-13,19,28,30-32,34,40-41,44H,2,6,11,14-18,20-23H2,1H3/b24-19+/t30-,31+,32-,34-/m1/s1. The molecule has 2 aromatic rings. The van der Waals surface area contributed by atoms with Crippen molar-refractivity contribution >= 4 is 25.0 Å². The van der Waals surface area contributed by atoms with Crippen LogP contribution in [-0.2, 0) is 20.8 Å². The minimum absolute atomic E-state index is 0.113. The number of carbonyl (C=O) groups is 2. The number of phenolic OH excluding ortho intramolecular Hbond substituents is 1. The number of fused-ring (bicyclic) bond motifs is 3. The van der Waals surface area contributed by atoms with Gasteiger partial charge in [0, 0.05) is 25.7 Å². The number of benzene rings is 2. The van der Waals surface area contributed by atoms with Gasteiger partial charge in [0.05, 0.1) is 24.5 Å². The molecule has 0 spiro atoms. The lowest BCUT2D eigenvalue weighted by atomic mass is 9.58. The van der Waals surface area contributed by atoms with Crippen molar-refractivity contribution in [3.63, 3.8) is 0 Å². The van der Waals surface area contributed by atoms with Crippen LogP contribution in [0, 0.1) is 17.8 Å². The number of aromatic hydroxyl groups is 1. The molecule has 3 saturated heterocycles.